The maximum Gasteiger partial charge on any atom is 0.303 e. The van der Waals surface area contributed by atoms with Crippen LogP contribution >= 0.6 is 0 Å². The Morgan fingerprint density at radius 3 is 2.53 bits per heavy atom. The van der Waals surface area contributed by atoms with E-state index in [-0.39, 0.29) is 12.3 Å². The first kappa shape index (κ1) is 15.9. The van der Waals surface area contributed by atoms with Crippen molar-refractivity contribution in [1.82, 2.24) is 5.32 Å². The van der Waals surface area contributed by atoms with Crippen molar-refractivity contribution in [3.8, 4) is 0 Å². The molecular weight excluding hydrogens is 250 g/mol. The Kier molecular flexibility index (Phi) is 8.16. The van der Waals surface area contributed by atoms with Crippen LogP contribution in [0.3, 0.4) is 0 Å². The quantitative estimate of drug-likeness (QED) is 0.611. The Bertz CT molecular complexity index is 276. The van der Waals surface area contributed by atoms with E-state index >= 15 is 0 Å². The summed E-state index contributed by atoms with van der Waals surface area (Å²) in [5.74, 6) is -0.840. The van der Waals surface area contributed by atoms with Crippen molar-refractivity contribution >= 4 is 11.9 Å². The second-order valence-corrected chi connectivity index (χ2v) is 4.64. The van der Waals surface area contributed by atoms with E-state index in [9.17, 15) is 9.59 Å². The Morgan fingerprint density at radius 1 is 1.11 bits per heavy atom. The molecule has 1 rings (SSSR count). The topological polar surface area (TPSA) is 84.9 Å². The SMILES string of the molecule is O=C(O)CCCCCCCNC(=O)C1COCCO1. The fourth-order valence-electron chi connectivity index (χ4n) is 1.90. The van der Waals surface area contributed by atoms with E-state index in [2.05, 4.69) is 5.32 Å². The second-order valence-electron chi connectivity index (χ2n) is 4.64. The van der Waals surface area contributed by atoms with E-state index in [0.717, 1.165) is 32.1 Å². The lowest BCUT2D eigenvalue weighted by atomic mass is 10.1. The lowest BCUT2D eigenvalue weighted by Crippen LogP contribution is -2.43. The molecule has 1 saturated heterocycles. The summed E-state index contributed by atoms with van der Waals surface area (Å²) in [6, 6.07) is 0. The molecule has 1 atom stereocenters. The third-order valence-electron chi connectivity index (χ3n) is 2.98. The highest BCUT2D eigenvalue weighted by Gasteiger charge is 2.21. The van der Waals surface area contributed by atoms with Gasteiger partial charge in [0.1, 0.15) is 0 Å². The number of hydrogen-bond donors (Lipinski definition) is 2. The molecule has 0 aliphatic carbocycles. The lowest BCUT2D eigenvalue weighted by Gasteiger charge is -2.21. The zero-order valence-electron chi connectivity index (χ0n) is 11.2. The number of nitrogens with one attached hydrogen (secondary N) is 1. The number of amides is 1. The molecule has 1 aliphatic rings. The van der Waals surface area contributed by atoms with Gasteiger partial charge in [0.2, 0.25) is 0 Å². The molecular formula is C13H23NO5. The molecule has 0 spiro atoms. The highest BCUT2D eigenvalue weighted by molar-refractivity contribution is 5.80. The molecule has 1 amide bonds. The average molecular weight is 273 g/mol. The van der Waals surface area contributed by atoms with Gasteiger partial charge in [0.15, 0.2) is 6.10 Å². The molecule has 6 nitrogen and oxygen atoms in total. The Labute approximate surface area is 113 Å². The molecule has 2 N–H and O–H groups in total. The monoisotopic (exact) mass is 273 g/mol. The van der Waals surface area contributed by atoms with Crippen molar-refractivity contribution in [2.24, 2.45) is 0 Å². The zero-order chi connectivity index (χ0) is 13.9. The summed E-state index contributed by atoms with van der Waals surface area (Å²) in [7, 11) is 0. The van der Waals surface area contributed by atoms with Crippen LogP contribution in [0.1, 0.15) is 38.5 Å². The predicted octanol–water partition coefficient (Wildman–Crippen LogP) is 0.943. The molecule has 0 bridgehead atoms. The van der Waals surface area contributed by atoms with Gasteiger partial charge in [-0.15, -0.1) is 0 Å². The van der Waals surface area contributed by atoms with Crippen molar-refractivity contribution in [1.29, 1.82) is 0 Å². The summed E-state index contributed by atoms with van der Waals surface area (Å²) < 4.78 is 10.4. The molecule has 1 heterocycles. The van der Waals surface area contributed by atoms with Crippen LogP contribution in [-0.4, -0.2) is 49.5 Å². The number of aliphatic carboxylic acids is 1. The molecule has 6 heteroatoms. The molecule has 0 aromatic rings. The van der Waals surface area contributed by atoms with Crippen LogP contribution in [-0.2, 0) is 19.1 Å². The van der Waals surface area contributed by atoms with Gasteiger partial charge in [0.25, 0.3) is 5.91 Å². The van der Waals surface area contributed by atoms with Crippen molar-refractivity contribution in [2.45, 2.75) is 44.6 Å². The largest absolute Gasteiger partial charge is 0.481 e. The van der Waals surface area contributed by atoms with Crippen LogP contribution in [0.4, 0.5) is 0 Å². The second kappa shape index (κ2) is 9.75. The van der Waals surface area contributed by atoms with Gasteiger partial charge >= 0.3 is 5.97 Å². The van der Waals surface area contributed by atoms with Crippen LogP contribution in [0.15, 0.2) is 0 Å². The van der Waals surface area contributed by atoms with E-state index in [4.69, 9.17) is 14.6 Å². The fourth-order valence-corrected chi connectivity index (χ4v) is 1.90. The summed E-state index contributed by atoms with van der Waals surface area (Å²) in [6.45, 7) is 2.00. The van der Waals surface area contributed by atoms with Gasteiger partial charge in [-0.05, 0) is 12.8 Å². The number of unbranched alkanes of at least 4 members (excludes halogenated alkanes) is 4. The summed E-state index contributed by atoms with van der Waals surface area (Å²) in [4.78, 5) is 21.9. The molecule has 0 saturated carbocycles. The highest BCUT2D eigenvalue weighted by Crippen LogP contribution is 2.05. The maximum atomic E-state index is 11.6. The van der Waals surface area contributed by atoms with Crippen LogP contribution in [0.2, 0.25) is 0 Å². The van der Waals surface area contributed by atoms with E-state index < -0.39 is 12.1 Å². The minimum absolute atomic E-state index is 0.106. The first-order chi connectivity index (χ1) is 9.20. The predicted molar refractivity (Wildman–Crippen MR) is 68.9 cm³/mol. The number of hydrogen-bond acceptors (Lipinski definition) is 4. The standard InChI is InChI=1S/C13H23NO5/c15-12(16)6-4-2-1-3-5-7-14-13(17)11-10-18-8-9-19-11/h11H,1-10H2,(H,14,17)(H,15,16). The summed E-state index contributed by atoms with van der Waals surface area (Å²) in [6.07, 6.45) is 4.36. The molecule has 19 heavy (non-hydrogen) atoms. The van der Waals surface area contributed by atoms with Crippen molar-refractivity contribution in [3.05, 3.63) is 0 Å². The molecule has 1 aliphatic heterocycles. The summed E-state index contributed by atoms with van der Waals surface area (Å²) >= 11 is 0. The van der Waals surface area contributed by atoms with Gasteiger partial charge in [-0.3, -0.25) is 9.59 Å². The van der Waals surface area contributed by atoms with Crippen LogP contribution in [0, 0.1) is 0 Å². The van der Waals surface area contributed by atoms with E-state index in [1.807, 2.05) is 0 Å². The normalized spacial score (nSPS) is 19.1. The number of ether oxygens (including phenoxy) is 2. The van der Waals surface area contributed by atoms with Crippen molar-refractivity contribution < 1.29 is 24.2 Å². The van der Waals surface area contributed by atoms with Crippen LogP contribution in [0.5, 0.6) is 0 Å². The molecule has 0 aromatic heterocycles. The molecule has 110 valence electrons. The Hall–Kier alpha value is -1.14. The molecule has 0 aromatic carbocycles. The number of carboxylic acids is 1. The van der Waals surface area contributed by atoms with Gasteiger partial charge < -0.3 is 19.9 Å². The van der Waals surface area contributed by atoms with Crippen molar-refractivity contribution in [2.75, 3.05) is 26.4 Å². The van der Waals surface area contributed by atoms with Gasteiger partial charge in [-0.1, -0.05) is 19.3 Å². The molecule has 1 fully saturated rings. The third kappa shape index (κ3) is 7.79. The third-order valence-corrected chi connectivity index (χ3v) is 2.98. The smallest absolute Gasteiger partial charge is 0.303 e. The summed E-state index contributed by atoms with van der Waals surface area (Å²) in [5, 5.41) is 11.3. The Morgan fingerprint density at radius 2 is 1.84 bits per heavy atom. The molecule has 1 unspecified atom stereocenters. The average Bonchev–Trinajstić information content (AvgIpc) is 2.42. The van der Waals surface area contributed by atoms with E-state index in [1.54, 1.807) is 0 Å². The minimum atomic E-state index is -0.734. The highest BCUT2D eigenvalue weighted by atomic mass is 16.6. The summed E-state index contributed by atoms with van der Waals surface area (Å²) in [5.41, 5.74) is 0. The number of carboxylic acid groups (broad SMARTS) is 1. The number of rotatable bonds is 9. The Balaban J connectivity index is 1.89. The van der Waals surface area contributed by atoms with Gasteiger partial charge in [-0.25, -0.2) is 0 Å². The maximum absolute atomic E-state index is 11.6. The van der Waals surface area contributed by atoms with Crippen LogP contribution in [0.25, 0.3) is 0 Å². The van der Waals surface area contributed by atoms with Crippen molar-refractivity contribution in [3.63, 3.8) is 0 Å². The minimum Gasteiger partial charge on any atom is -0.481 e. The first-order valence-electron chi connectivity index (χ1n) is 6.89. The van der Waals surface area contributed by atoms with Gasteiger partial charge in [-0.2, -0.15) is 0 Å². The van der Waals surface area contributed by atoms with Crippen LogP contribution < -0.4 is 5.32 Å². The fraction of sp³-hybridized carbons (Fsp3) is 0.846. The number of carbonyl (C=O) groups is 2. The van der Waals surface area contributed by atoms with Gasteiger partial charge in [0, 0.05) is 13.0 Å². The first-order valence-corrected chi connectivity index (χ1v) is 6.89. The zero-order valence-corrected chi connectivity index (χ0v) is 11.2. The number of carbonyl (C=O) groups excluding carboxylic acids is 1. The van der Waals surface area contributed by atoms with E-state index in [0.29, 0.717) is 26.4 Å². The van der Waals surface area contributed by atoms with Gasteiger partial charge in [0.05, 0.1) is 19.8 Å². The lowest BCUT2D eigenvalue weighted by molar-refractivity contribution is -0.147. The molecule has 0 radical (unpaired) electrons. The van der Waals surface area contributed by atoms with E-state index in [1.165, 1.54) is 0 Å².